The summed E-state index contributed by atoms with van der Waals surface area (Å²) in [6, 6.07) is 12.3. The van der Waals surface area contributed by atoms with Gasteiger partial charge < -0.3 is 15.3 Å². The Morgan fingerprint density at radius 3 is 2.42 bits per heavy atom. The van der Waals surface area contributed by atoms with Crippen molar-refractivity contribution in [3.05, 3.63) is 59.9 Å². The second kappa shape index (κ2) is 10.7. The zero-order valence-corrected chi connectivity index (χ0v) is 17.5. The molecule has 0 heterocycles. The summed E-state index contributed by atoms with van der Waals surface area (Å²) in [5.41, 5.74) is 2.15. The lowest BCUT2D eigenvalue weighted by Crippen LogP contribution is -2.47. The highest BCUT2D eigenvalue weighted by molar-refractivity contribution is 6.39. The molecule has 7 heteroatoms. The summed E-state index contributed by atoms with van der Waals surface area (Å²) in [5.74, 6) is -1.99. The normalized spacial score (nSPS) is 15.9. The number of hydrogen-bond acceptors (Lipinski definition) is 4. The number of carbonyl (C=O) groups excluding carboxylic acids is 1. The number of benzene rings is 2. The smallest absolute Gasteiger partial charge is 0.326 e. The van der Waals surface area contributed by atoms with E-state index >= 15 is 0 Å². The highest BCUT2D eigenvalue weighted by atomic mass is 19.1. The van der Waals surface area contributed by atoms with E-state index in [1.54, 1.807) is 42.5 Å². The van der Waals surface area contributed by atoms with Gasteiger partial charge in [0.05, 0.1) is 0 Å². The lowest BCUT2D eigenvalue weighted by Gasteiger charge is -2.23. The predicted octanol–water partition coefficient (Wildman–Crippen LogP) is 4.19. The van der Waals surface area contributed by atoms with Crippen molar-refractivity contribution in [3.63, 3.8) is 0 Å². The van der Waals surface area contributed by atoms with Gasteiger partial charge >= 0.3 is 5.97 Å². The van der Waals surface area contributed by atoms with E-state index in [2.05, 4.69) is 10.5 Å². The Labute approximate surface area is 181 Å². The molecule has 0 radical (unpaired) electrons. The molecule has 0 spiro atoms. The van der Waals surface area contributed by atoms with Crippen LogP contribution in [0.3, 0.4) is 0 Å². The van der Waals surface area contributed by atoms with E-state index in [1.165, 1.54) is 13.2 Å². The molecule has 6 nitrogen and oxygen atoms in total. The molecular weight excluding hydrogens is 399 g/mol. The standard InChI is InChI=1S/C24H27FN2O4/c1-31-27-22(18-7-3-2-4-8-18)23(28)26-21(24(29)30)15-16-11-13-17(14-12-16)19-9-5-6-10-20(19)25/h5-6,9-14,18,21H,2-4,7-8,15H2,1H3,(H,26,28)(H,29,30)/t21-/m0/s1. The zero-order chi connectivity index (χ0) is 22.2. The van der Waals surface area contributed by atoms with Crippen LogP contribution in [0.5, 0.6) is 0 Å². The van der Waals surface area contributed by atoms with Gasteiger partial charge in [0.15, 0.2) is 0 Å². The van der Waals surface area contributed by atoms with Gasteiger partial charge in [0.1, 0.15) is 24.7 Å². The van der Waals surface area contributed by atoms with Crippen molar-refractivity contribution >= 4 is 17.6 Å². The molecular formula is C24H27FN2O4. The number of oxime groups is 1. The molecule has 0 aromatic heterocycles. The maximum Gasteiger partial charge on any atom is 0.326 e. The molecule has 0 aliphatic heterocycles. The van der Waals surface area contributed by atoms with Crippen LogP contribution in [0.1, 0.15) is 37.7 Å². The van der Waals surface area contributed by atoms with Crippen molar-refractivity contribution in [2.45, 2.75) is 44.6 Å². The van der Waals surface area contributed by atoms with Crippen molar-refractivity contribution in [2.24, 2.45) is 11.1 Å². The largest absolute Gasteiger partial charge is 0.480 e. The summed E-state index contributed by atoms with van der Waals surface area (Å²) < 4.78 is 14.0. The summed E-state index contributed by atoms with van der Waals surface area (Å²) >= 11 is 0. The first-order valence-corrected chi connectivity index (χ1v) is 10.5. The number of nitrogens with one attached hydrogen (secondary N) is 1. The molecule has 164 valence electrons. The van der Waals surface area contributed by atoms with Gasteiger partial charge in [0.25, 0.3) is 5.91 Å². The van der Waals surface area contributed by atoms with Crippen LogP contribution in [-0.4, -0.2) is 35.8 Å². The van der Waals surface area contributed by atoms with Gasteiger partial charge in [-0.3, -0.25) is 4.79 Å². The fourth-order valence-electron chi connectivity index (χ4n) is 3.96. The minimum absolute atomic E-state index is 0.0248. The third kappa shape index (κ3) is 5.90. The maximum absolute atomic E-state index is 14.0. The van der Waals surface area contributed by atoms with Crippen LogP contribution in [-0.2, 0) is 20.8 Å². The summed E-state index contributed by atoms with van der Waals surface area (Å²) in [5, 5.41) is 16.1. The lowest BCUT2D eigenvalue weighted by atomic mass is 9.85. The molecule has 3 rings (SSSR count). The van der Waals surface area contributed by atoms with Crippen LogP contribution in [0.15, 0.2) is 53.7 Å². The van der Waals surface area contributed by atoms with Crippen molar-refractivity contribution in [1.82, 2.24) is 5.32 Å². The van der Waals surface area contributed by atoms with Gasteiger partial charge in [0.2, 0.25) is 0 Å². The third-order valence-electron chi connectivity index (χ3n) is 5.60. The topological polar surface area (TPSA) is 88.0 Å². The lowest BCUT2D eigenvalue weighted by molar-refractivity contribution is -0.141. The monoisotopic (exact) mass is 426 g/mol. The van der Waals surface area contributed by atoms with E-state index in [1.807, 2.05) is 0 Å². The molecule has 1 aliphatic rings. The first kappa shape index (κ1) is 22.5. The van der Waals surface area contributed by atoms with E-state index in [-0.39, 0.29) is 23.9 Å². The molecule has 1 saturated carbocycles. The Morgan fingerprint density at radius 2 is 1.81 bits per heavy atom. The fraction of sp³-hybridized carbons (Fsp3) is 0.375. The summed E-state index contributed by atoms with van der Waals surface area (Å²) in [7, 11) is 1.38. The minimum Gasteiger partial charge on any atom is -0.480 e. The predicted molar refractivity (Wildman–Crippen MR) is 116 cm³/mol. The van der Waals surface area contributed by atoms with Gasteiger partial charge in [-0.15, -0.1) is 0 Å². The van der Waals surface area contributed by atoms with Crippen molar-refractivity contribution < 1.29 is 23.9 Å². The van der Waals surface area contributed by atoms with Crippen molar-refractivity contribution in [3.8, 4) is 11.1 Å². The number of carboxylic acid groups (broad SMARTS) is 1. The molecule has 1 amide bonds. The molecule has 0 bridgehead atoms. The number of carbonyl (C=O) groups is 2. The quantitative estimate of drug-likeness (QED) is 0.489. The number of rotatable bonds is 8. The first-order chi connectivity index (χ1) is 15.0. The molecule has 0 unspecified atom stereocenters. The molecule has 2 aromatic carbocycles. The molecule has 31 heavy (non-hydrogen) atoms. The van der Waals surface area contributed by atoms with Crippen LogP contribution in [0, 0.1) is 11.7 Å². The van der Waals surface area contributed by atoms with Gasteiger partial charge in [-0.25, -0.2) is 9.18 Å². The molecule has 1 aliphatic carbocycles. The Balaban J connectivity index is 1.70. The van der Waals surface area contributed by atoms with Crippen molar-refractivity contribution in [2.75, 3.05) is 7.11 Å². The van der Waals surface area contributed by atoms with Crippen LogP contribution in [0.2, 0.25) is 0 Å². The van der Waals surface area contributed by atoms with Crippen molar-refractivity contribution in [1.29, 1.82) is 0 Å². The summed E-state index contributed by atoms with van der Waals surface area (Å²) in [6.45, 7) is 0. The van der Waals surface area contributed by atoms with E-state index in [9.17, 15) is 19.1 Å². The van der Waals surface area contributed by atoms with Gasteiger partial charge in [0, 0.05) is 17.9 Å². The second-order valence-electron chi connectivity index (χ2n) is 7.74. The average molecular weight is 426 g/mol. The summed E-state index contributed by atoms with van der Waals surface area (Å²) in [6.07, 6.45) is 4.92. The highest BCUT2D eigenvalue weighted by Crippen LogP contribution is 2.26. The van der Waals surface area contributed by atoms with Crippen LogP contribution in [0.25, 0.3) is 11.1 Å². The van der Waals surface area contributed by atoms with Gasteiger partial charge in [-0.2, -0.15) is 0 Å². The molecule has 1 fully saturated rings. The summed E-state index contributed by atoms with van der Waals surface area (Å²) in [4.78, 5) is 29.4. The third-order valence-corrected chi connectivity index (χ3v) is 5.60. The molecule has 2 aromatic rings. The number of aliphatic carboxylic acids is 1. The van der Waals surface area contributed by atoms with Crippen LogP contribution >= 0.6 is 0 Å². The minimum atomic E-state index is -1.13. The first-order valence-electron chi connectivity index (χ1n) is 10.5. The van der Waals surface area contributed by atoms with Crippen LogP contribution in [0.4, 0.5) is 4.39 Å². The molecule has 1 atom stereocenters. The van der Waals surface area contributed by atoms with Crippen LogP contribution < -0.4 is 5.32 Å². The fourth-order valence-corrected chi connectivity index (χ4v) is 3.96. The highest BCUT2D eigenvalue weighted by Gasteiger charge is 2.29. The maximum atomic E-state index is 14.0. The van der Waals surface area contributed by atoms with E-state index in [0.29, 0.717) is 11.1 Å². The van der Waals surface area contributed by atoms with E-state index in [4.69, 9.17) is 4.84 Å². The number of nitrogens with zero attached hydrogens (tertiary/aromatic N) is 1. The SMILES string of the molecule is CON=C(C(=O)N[C@@H](Cc1ccc(-c2ccccc2F)cc1)C(=O)O)C1CCCCC1. The van der Waals surface area contributed by atoms with E-state index < -0.39 is 17.9 Å². The number of halogens is 1. The molecule has 2 N–H and O–H groups in total. The second-order valence-corrected chi connectivity index (χ2v) is 7.74. The van der Waals surface area contributed by atoms with E-state index in [0.717, 1.165) is 37.7 Å². The Morgan fingerprint density at radius 1 is 1.13 bits per heavy atom. The zero-order valence-electron chi connectivity index (χ0n) is 17.5. The Bertz CT molecular complexity index is 937. The van der Waals surface area contributed by atoms with Gasteiger partial charge in [-0.05, 0) is 30.0 Å². The molecule has 0 saturated heterocycles. The Kier molecular flexibility index (Phi) is 7.76. The number of hydrogen-bond donors (Lipinski definition) is 2. The number of carboxylic acids is 1. The average Bonchev–Trinajstić information content (AvgIpc) is 2.78. The number of amides is 1. The van der Waals surface area contributed by atoms with Gasteiger partial charge in [-0.1, -0.05) is 66.9 Å². The Hall–Kier alpha value is -3.22.